The maximum Gasteiger partial charge on any atom is 0.337 e. The summed E-state index contributed by atoms with van der Waals surface area (Å²) >= 11 is 6.55. The molecule has 4 aromatic rings. The second kappa shape index (κ2) is 7.85. The van der Waals surface area contributed by atoms with Crippen LogP contribution in [0.25, 0.3) is 16.6 Å². The molecular formula is C21H17N3O4S2. The SMILES string of the molecule is COC(=O)c1ccc2c(=O)[nH]c3c(C(=O)NCc4ccc(C)cc4)sc(=S)n3c2c1. The molecule has 0 saturated heterocycles. The largest absolute Gasteiger partial charge is 0.465 e. The normalized spacial score (nSPS) is 11.0. The van der Waals surface area contributed by atoms with Crippen molar-refractivity contribution in [3.63, 3.8) is 0 Å². The highest BCUT2D eigenvalue weighted by Crippen LogP contribution is 2.23. The molecule has 0 atom stereocenters. The van der Waals surface area contributed by atoms with Gasteiger partial charge in [0, 0.05) is 6.54 Å². The maximum absolute atomic E-state index is 12.8. The van der Waals surface area contributed by atoms with Crippen LogP contribution in [0.4, 0.5) is 0 Å². The lowest BCUT2D eigenvalue weighted by Crippen LogP contribution is -2.23. The Labute approximate surface area is 179 Å². The van der Waals surface area contributed by atoms with Crippen molar-refractivity contribution < 1.29 is 14.3 Å². The lowest BCUT2D eigenvalue weighted by atomic mass is 10.1. The van der Waals surface area contributed by atoms with Crippen molar-refractivity contribution in [2.45, 2.75) is 13.5 Å². The zero-order chi connectivity index (χ0) is 21.4. The topological polar surface area (TPSA) is 92.7 Å². The Morgan fingerprint density at radius 3 is 2.63 bits per heavy atom. The van der Waals surface area contributed by atoms with E-state index in [-0.39, 0.29) is 17.0 Å². The molecule has 0 bridgehead atoms. The van der Waals surface area contributed by atoms with Crippen molar-refractivity contribution >= 4 is 52.0 Å². The third-order valence-corrected chi connectivity index (χ3v) is 6.10. The fourth-order valence-corrected chi connectivity index (χ4v) is 4.46. The van der Waals surface area contributed by atoms with E-state index < -0.39 is 5.97 Å². The first-order valence-corrected chi connectivity index (χ1v) is 10.2. The van der Waals surface area contributed by atoms with E-state index in [1.54, 1.807) is 10.5 Å². The number of rotatable bonds is 4. The molecule has 0 spiro atoms. The van der Waals surface area contributed by atoms with Gasteiger partial charge in [0.05, 0.1) is 23.6 Å². The van der Waals surface area contributed by atoms with Gasteiger partial charge in [-0.2, -0.15) is 0 Å². The van der Waals surface area contributed by atoms with Gasteiger partial charge in [-0.15, -0.1) is 0 Å². The van der Waals surface area contributed by atoms with Crippen LogP contribution in [0.2, 0.25) is 0 Å². The number of aryl methyl sites for hydroxylation is 1. The van der Waals surface area contributed by atoms with E-state index in [0.717, 1.165) is 22.5 Å². The molecule has 2 heterocycles. The van der Waals surface area contributed by atoms with Crippen LogP contribution in [0, 0.1) is 10.9 Å². The summed E-state index contributed by atoms with van der Waals surface area (Å²) in [6.07, 6.45) is 0. The summed E-state index contributed by atoms with van der Waals surface area (Å²) in [6, 6.07) is 12.4. The first-order valence-electron chi connectivity index (χ1n) is 9.02. The molecule has 9 heteroatoms. The fourth-order valence-electron chi connectivity index (χ4n) is 3.16. The summed E-state index contributed by atoms with van der Waals surface area (Å²) in [5.74, 6) is -0.864. The summed E-state index contributed by atoms with van der Waals surface area (Å²) in [4.78, 5) is 40.4. The molecule has 0 fully saturated rings. The number of hydrogen-bond acceptors (Lipinski definition) is 6. The maximum atomic E-state index is 12.8. The molecule has 1 amide bonds. The van der Waals surface area contributed by atoms with Crippen molar-refractivity contribution in [2.24, 2.45) is 0 Å². The van der Waals surface area contributed by atoms with Gasteiger partial charge >= 0.3 is 5.97 Å². The number of aromatic nitrogens is 2. The van der Waals surface area contributed by atoms with Crippen molar-refractivity contribution in [1.82, 2.24) is 14.7 Å². The number of H-pyrrole nitrogens is 1. The summed E-state index contributed by atoms with van der Waals surface area (Å²) in [5, 5.41) is 3.22. The van der Waals surface area contributed by atoms with E-state index >= 15 is 0 Å². The highest BCUT2D eigenvalue weighted by Gasteiger charge is 2.19. The van der Waals surface area contributed by atoms with Gasteiger partial charge in [-0.3, -0.25) is 14.0 Å². The predicted octanol–water partition coefficient (Wildman–Crippen LogP) is 3.60. The van der Waals surface area contributed by atoms with Crippen LogP contribution in [-0.2, 0) is 11.3 Å². The lowest BCUT2D eigenvalue weighted by molar-refractivity contribution is 0.0600. The third kappa shape index (κ3) is 3.53. The first-order chi connectivity index (χ1) is 14.4. The Balaban J connectivity index is 1.78. The monoisotopic (exact) mass is 439 g/mol. The minimum absolute atomic E-state index is 0.287. The van der Waals surface area contributed by atoms with Crippen LogP contribution in [0.3, 0.4) is 0 Å². The number of aromatic amines is 1. The van der Waals surface area contributed by atoms with Gasteiger partial charge in [-0.05, 0) is 42.9 Å². The van der Waals surface area contributed by atoms with Gasteiger partial charge in [0.15, 0.2) is 3.95 Å². The third-order valence-electron chi connectivity index (χ3n) is 4.73. The number of nitrogens with one attached hydrogen (secondary N) is 2. The van der Waals surface area contributed by atoms with E-state index in [1.807, 2.05) is 31.2 Å². The number of fused-ring (bicyclic) bond motifs is 3. The summed E-state index contributed by atoms with van der Waals surface area (Å²) in [7, 11) is 1.28. The number of amides is 1. The molecule has 0 unspecified atom stereocenters. The molecular weight excluding hydrogens is 422 g/mol. The number of hydrogen-bond donors (Lipinski definition) is 2. The second-order valence-electron chi connectivity index (χ2n) is 6.73. The number of esters is 1. The molecule has 7 nitrogen and oxygen atoms in total. The number of nitrogens with zero attached hydrogens (tertiary/aromatic N) is 1. The van der Waals surface area contributed by atoms with Gasteiger partial charge in [0.25, 0.3) is 11.5 Å². The number of ether oxygens (including phenoxy) is 1. The molecule has 152 valence electrons. The Hall–Kier alpha value is -3.30. The molecule has 0 aliphatic carbocycles. The Morgan fingerprint density at radius 2 is 1.93 bits per heavy atom. The van der Waals surface area contributed by atoms with E-state index in [9.17, 15) is 14.4 Å². The van der Waals surface area contributed by atoms with Gasteiger partial charge < -0.3 is 15.0 Å². The molecule has 0 aliphatic rings. The van der Waals surface area contributed by atoms with E-state index in [4.69, 9.17) is 17.0 Å². The molecule has 2 aromatic heterocycles. The Kier molecular flexibility index (Phi) is 5.23. The fraction of sp³-hybridized carbons (Fsp3) is 0.143. The quantitative estimate of drug-likeness (QED) is 0.374. The molecule has 0 saturated carbocycles. The molecule has 2 aromatic carbocycles. The highest BCUT2D eigenvalue weighted by atomic mass is 32.1. The van der Waals surface area contributed by atoms with Gasteiger partial charge in [0.1, 0.15) is 10.5 Å². The minimum atomic E-state index is -0.525. The van der Waals surface area contributed by atoms with E-state index in [1.165, 1.54) is 19.2 Å². The van der Waals surface area contributed by atoms with Gasteiger partial charge in [-0.25, -0.2) is 4.79 Å². The van der Waals surface area contributed by atoms with E-state index in [0.29, 0.717) is 31.9 Å². The zero-order valence-electron chi connectivity index (χ0n) is 16.1. The standard InChI is InChI=1S/C21H17N3O4S2/c1-11-3-5-12(6-4-11)10-22-19(26)16-17-23-18(25)14-8-7-13(20(27)28-2)9-15(14)24(17)21(29)30-16/h3-9H,10H2,1-2H3,(H,22,26)(H,23,25). The molecule has 0 radical (unpaired) electrons. The highest BCUT2D eigenvalue weighted by molar-refractivity contribution is 7.73. The molecule has 0 aliphatic heterocycles. The predicted molar refractivity (Wildman–Crippen MR) is 118 cm³/mol. The number of benzene rings is 2. The van der Waals surface area contributed by atoms with Crippen molar-refractivity contribution in [2.75, 3.05) is 7.11 Å². The van der Waals surface area contributed by atoms with Crippen molar-refractivity contribution in [1.29, 1.82) is 0 Å². The molecule has 30 heavy (non-hydrogen) atoms. The minimum Gasteiger partial charge on any atom is -0.465 e. The average Bonchev–Trinajstić information content (AvgIpc) is 3.08. The van der Waals surface area contributed by atoms with Crippen LogP contribution >= 0.6 is 23.6 Å². The van der Waals surface area contributed by atoms with Crippen LogP contribution in [0.1, 0.15) is 31.2 Å². The Morgan fingerprint density at radius 1 is 1.20 bits per heavy atom. The summed E-state index contributed by atoms with van der Waals surface area (Å²) in [6.45, 7) is 2.34. The number of methoxy groups -OCH3 is 1. The van der Waals surface area contributed by atoms with Crippen LogP contribution in [0.5, 0.6) is 0 Å². The Bertz CT molecular complexity index is 1410. The number of carbonyl (C=O) groups is 2. The summed E-state index contributed by atoms with van der Waals surface area (Å²) < 4.78 is 6.75. The van der Waals surface area contributed by atoms with Crippen molar-refractivity contribution in [3.05, 3.63) is 78.3 Å². The zero-order valence-corrected chi connectivity index (χ0v) is 17.8. The van der Waals surface area contributed by atoms with Crippen LogP contribution in [0.15, 0.2) is 47.3 Å². The molecule has 2 N–H and O–H groups in total. The first kappa shape index (κ1) is 20.0. The average molecular weight is 440 g/mol. The van der Waals surface area contributed by atoms with Crippen molar-refractivity contribution in [3.8, 4) is 0 Å². The lowest BCUT2D eigenvalue weighted by Gasteiger charge is -2.07. The molecule has 4 rings (SSSR count). The van der Waals surface area contributed by atoms with Gasteiger partial charge in [0.2, 0.25) is 0 Å². The number of carbonyl (C=O) groups excluding carboxylic acids is 2. The van der Waals surface area contributed by atoms with Gasteiger partial charge in [-0.1, -0.05) is 41.2 Å². The van der Waals surface area contributed by atoms with Crippen LogP contribution < -0.4 is 10.9 Å². The summed E-state index contributed by atoms with van der Waals surface area (Å²) in [5.41, 5.74) is 2.75. The van der Waals surface area contributed by atoms with E-state index in [2.05, 4.69) is 10.3 Å². The second-order valence-corrected chi connectivity index (χ2v) is 8.37. The smallest absolute Gasteiger partial charge is 0.337 e. The number of thiazole rings is 1. The van der Waals surface area contributed by atoms with Crippen LogP contribution in [-0.4, -0.2) is 28.4 Å².